The molecule has 0 spiro atoms. The van der Waals surface area contributed by atoms with Crippen molar-refractivity contribution >= 4 is 40.5 Å². The molecule has 4 aromatic rings. The minimum absolute atomic E-state index is 0.0434. The molecule has 1 heterocycles. The summed E-state index contributed by atoms with van der Waals surface area (Å²) >= 11 is 5.93. The number of aromatic nitrogens is 1. The number of nitrogens with zero attached hydrogens (tertiary/aromatic N) is 3. The Morgan fingerprint density at radius 3 is 2.35 bits per heavy atom. The number of aryl methyl sites for hydroxylation is 1. The number of amides is 2. The summed E-state index contributed by atoms with van der Waals surface area (Å²) in [6, 6.07) is 25.5. The van der Waals surface area contributed by atoms with Crippen molar-refractivity contribution in [1.29, 1.82) is 0 Å². The van der Waals surface area contributed by atoms with E-state index in [0.717, 1.165) is 27.2 Å². The highest BCUT2D eigenvalue weighted by molar-refractivity contribution is 6.30. The zero-order valence-electron chi connectivity index (χ0n) is 16.9. The summed E-state index contributed by atoms with van der Waals surface area (Å²) in [6.07, 6.45) is 1.53. The van der Waals surface area contributed by atoms with Crippen LogP contribution < -0.4 is 0 Å². The summed E-state index contributed by atoms with van der Waals surface area (Å²) in [5, 5.41) is 6.81. The number of hydrazone groups is 1. The number of imide groups is 1. The van der Waals surface area contributed by atoms with Crippen LogP contribution in [0.25, 0.3) is 10.9 Å². The molecule has 0 unspecified atom stereocenters. The number of hydrogen-bond donors (Lipinski definition) is 0. The Morgan fingerprint density at radius 2 is 1.65 bits per heavy atom. The molecule has 1 aromatic heterocycles. The molecule has 0 bridgehead atoms. The molecule has 0 fully saturated rings. The summed E-state index contributed by atoms with van der Waals surface area (Å²) in [5.74, 6) is -0.889. The average Bonchev–Trinajstić information content (AvgIpc) is 3.11. The average molecular weight is 430 g/mol. The predicted molar refractivity (Wildman–Crippen MR) is 123 cm³/mol. The van der Waals surface area contributed by atoms with Gasteiger partial charge in [-0.15, -0.1) is 0 Å². The van der Waals surface area contributed by atoms with Gasteiger partial charge in [-0.3, -0.25) is 9.59 Å². The third-order valence-corrected chi connectivity index (χ3v) is 5.28. The molecule has 154 valence electrons. The molecular weight excluding hydrogens is 410 g/mol. The number of hydrogen-bond acceptors (Lipinski definition) is 3. The fraction of sp³-hybridized carbons (Fsp3) is 0.0800. The van der Waals surface area contributed by atoms with Crippen LogP contribution in [0, 0.1) is 0 Å². The van der Waals surface area contributed by atoms with Crippen LogP contribution in [-0.4, -0.2) is 27.6 Å². The van der Waals surface area contributed by atoms with Crippen LogP contribution in [0.1, 0.15) is 21.6 Å². The summed E-state index contributed by atoms with van der Waals surface area (Å²) in [7, 11) is 1.91. The van der Waals surface area contributed by atoms with Crippen molar-refractivity contribution in [3.05, 3.63) is 107 Å². The number of para-hydroxylation sites is 1. The van der Waals surface area contributed by atoms with Crippen LogP contribution in [0.3, 0.4) is 0 Å². The standard InChI is InChI=1S/C25H20ClN3O2/c1-28-22(15-20-9-5-6-10-23(20)28)16-24(30)29(25(31)19-7-3-2-4-8-19)27-17-18-11-13-21(26)14-12-18/h2-15,17H,16H2,1H3/b27-17-. The van der Waals surface area contributed by atoms with Crippen LogP contribution in [-0.2, 0) is 18.3 Å². The van der Waals surface area contributed by atoms with Crippen molar-refractivity contribution in [3.63, 3.8) is 0 Å². The van der Waals surface area contributed by atoms with Gasteiger partial charge in [-0.2, -0.15) is 10.1 Å². The molecule has 0 atom stereocenters. The Morgan fingerprint density at radius 1 is 0.968 bits per heavy atom. The number of carbonyl (C=O) groups excluding carboxylic acids is 2. The van der Waals surface area contributed by atoms with Crippen LogP contribution >= 0.6 is 11.6 Å². The monoisotopic (exact) mass is 429 g/mol. The Bertz CT molecular complexity index is 1260. The lowest BCUT2D eigenvalue weighted by atomic mass is 10.2. The first kappa shape index (κ1) is 20.6. The van der Waals surface area contributed by atoms with Crippen molar-refractivity contribution in [2.24, 2.45) is 12.1 Å². The normalized spacial score (nSPS) is 11.2. The highest BCUT2D eigenvalue weighted by Gasteiger charge is 2.23. The zero-order valence-corrected chi connectivity index (χ0v) is 17.7. The minimum atomic E-state index is -0.477. The molecule has 4 rings (SSSR count). The smallest absolute Gasteiger partial charge is 0.281 e. The summed E-state index contributed by atoms with van der Waals surface area (Å²) in [5.41, 5.74) is 2.95. The van der Waals surface area contributed by atoms with E-state index in [1.54, 1.807) is 48.5 Å². The van der Waals surface area contributed by atoms with E-state index in [1.165, 1.54) is 6.21 Å². The third-order valence-electron chi connectivity index (χ3n) is 5.03. The lowest BCUT2D eigenvalue weighted by Crippen LogP contribution is -2.34. The topological polar surface area (TPSA) is 54.7 Å². The number of halogens is 1. The number of fused-ring (bicyclic) bond motifs is 1. The third kappa shape index (κ3) is 4.57. The van der Waals surface area contributed by atoms with E-state index in [4.69, 9.17) is 11.6 Å². The van der Waals surface area contributed by atoms with Gasteiger partial charge in [0.05, 0.1) is 12.6 Å². The van der Waals surface area contributed by atoms with Crippen molar-refractivity contribution in [2.45, 2.75) is 6.42 Å². The van der Waals surface area contributed by atoms with Gasteiger partial charge in [-0.05, 0) is 47.3 Å². The van der Waals surface area contributed by atoms with Crippen molar-refractivity contribution < 1.29 is 9.59 Å². The molecule has 0 aliphatic heterocycles. The largest absolute Gasteiger partial charge is 0.347 e. The van der Waals surface area contributed by atoms with Crippen LogP contribution in [0.15, 0.2) is 90.0 Å². The van der Waals surface area contributed by atoms with Crippen LogP contribution in [0.5, 0.6) is 0 Å². The van der Waals surface area contributed by atoms with Gasteiger partial charge in [0.2, 0.25) is 0 Å². The first-order chi connectivity index (χ1) is 15.0. The Hall–Kier alpha value is -3.70. The molecule has 31 heavy (non-hydrogen) atoms. The highest BCUT2D eigenvalue weighted by atomic mass is 35.5. The SMILES string of the molecule is Cn1c(CC(=O)N(/N=C\c2ccc(Cl)cc2)C(=O)c2ccccc2)cc2ccccc21. The molecule has 0 saturated carbocycles. The van der Waals surface area contributed by atoms with Gasteiger partial charge in [0.15, 0.2) is 0 Å². The lowest BCUT2D eigenvalue weighted by molar-refractivity contribution is -0.128. The van der Waals surface area contributed by atoms with Gasteiger partial charge in [0.1, 0.15) is 0 Å². The maximum absolute atomic E-state index is 13.2. The van der Waals surface area contributed by atoms with Crippen molar-refractivity contribution in [2.75, 3.05) is 0 Å². The number of carbonyl (C=O) groups is 2. The van der Waals surface area contributed by atoms with E-state index in [9.17, 15) is 9.59 Å². The number of rotatable bonds is 5. The van der Waals surface area contributed by atoms with Gasteiger partial charge < -0.3 is 4.57 Å². The van der Waals surface area contributed by atoms with Crippen molar-refractivity contribution in [3.8, 4) is 0 Å². The van der Waals surface area contributed by atoms with E-state index in [-0.39, 0.29) is 6.42 Å². The van der Waals surface area contributed by atoms with Gasteiger partial charge in [-0.1, -0.05) is 60.1 Å². The molecular formula is C25H20ClN3O2. The summed E-state index contributed by atoms with van der Waals surface area (Å²) < 4.78 is 1.96. The second-order valence-corrected chi connectivity index (χ2v) is 7.54. The summed E-state index contributed by atoms with van der Waals surface area (Å²) in [6.45, 7) is 0. The molecule has 0 aliphatic carbocycles. The van der Waals surface area contributed by atoms with E-state index in [1.807, 2.05) is 48.0 Å². The molecule has 0 saturated heterocycles. The fourth-order valence-electron chi connectivity index (χ4n) is 3.35. The maximum Gasteiger partial charge on any atom is 0.281 e. The van der Waals surface area contributed by atoms with E-state index >= 15 is 0 Å². The molecule has 0 aliphatic rings. The van der Waals surface area contributed by atoms with Crippen LogP contribution in [0.4, 0.5) is 0 Å². The fourth-order valence-corrected chi connectivity index (χ4v) is 3.48. The van der Waals surface area contributed by atoms with Crippen LogP contribution in [0.2, 0.25) is 5.02 Å². The molecule has 2 amide bonds. The Balaban J connectivity index is 1.65. The first-order valence-corrected chi connectivity index (χ1v) is 10.2. The zero-order chi connectivity index (χ0) is 21.8. The van der Waals surface area contributed by atoms with Crippen molar-refractivity contribution in [1.82, 2.24) is 9.58 Å². The Kier molecular flexibility index (Phi) is 5.96. The Labute approximate surface area is 185 Å². The second kappa shape index (κ2) is 8.98. The highest BCUT2D eigenvalue weighted by Crippen LogP contribution is 2.20. The minimum Gasteiger partial charge on any atom is -0.347 e. The number of benzene rings is 3. The predicted octanol–water partition coefficient (Wildman–Crippen LogP) is 5.08. The molecule has 0 N–H and O–H groups in total. The molecule has 6 heteroatoms. The second-order valence-electron chi connectivity index (χ2n) is 7.10. The first-order valence-electron chi connectivity index (χ1n) is 9.78. The van der Waals surface area contributed by atoms with E-state index in [0.29, 0.717) is 10.6 Å². The maximum atomic E-state index is 13.2. The van der Waals surface area contributed by atoms with E-state index in [2.05, 4.69) is 5.10 Å². The van der Waals surface area contributed by atoms with Gasteiger partial charge in [0.25, 0.3) is 11.8 Å². The summed E-state index contributed by atoms with van der Waals surface area (Å²) in [4.78, 5) is 26.3. The van der Waals surface area contributed by atoms with Gasteiger partial charge in [0, 0.05) is 28.8 Å². The lowest BCUT2D eigenvalue weighted by Gasteiger charge is -2.16. The van der Waals surface area contributed by atoms with Gasteiger partial charge in [-0.25, -0.2) is 0 Å². The molecule has 0 radical (unpaired) electrons. The van der Waals surface area contributed by atoms with E-state index < -0.39 is 11.8 Å². The molecule has 3 aromatic carbocycles. The quantitative estimate of drug-likeness (QED) is 0.328. The van der Waals surface area contributed by atoms with Gasteiger partial charge >= 0.3 is 0 Å². The molecule has 5 nitrogen and oxygen atoms in total.